The minimum atomic E-state index is -1.74. The van der Waals surface area contributed by atoms with Crippen molar-refractivity contribution >= 4 is 26.4 Å². The Hall–Kier alpha value is -1.83. The van der Waals surface area contributed by atoms with Crippen LogP contribution in [-0.2, 0) is 42.4 Å². The lowest BCUT2D eigenvalue weighted by Crippen LogP contribution is -2.42. The molecule has 1 saturated heterocycles. The van der Waals surface area contributed by atoms with Crippen LogP contribution in [0, 0.1) is 11.3 Å². The van der Waals surface area contributed by atoms with Crippen LogP contribution in [0.1, 0.15) is 54.9 Å². The Morgan fingerprint density at radius 3 is 2.03 bits per heavy atom. The van der Waals surface area contributed by atoms with Gasteiger partial charge in [0.2, 0.25) is 6.29 Å². The molecular weight excluding hydrogens is 443 g/mol. The second-order valence-electron chi connectivity index (χ2n) is 7.65. The first-order chi connectivity index (χ1) is 15.0. The third-order valence-corrected chi connectivity index (χ3v) is 6.27. The van der Waals surface area contributed by atoms with Gasteiger partial charge in [-0.1, -0.05) is 0 Å². The first-order valence-corrected chi connectivity index (χ1v) is 11.5. The maximum Gasteiger partial charge on any atom is 0.303 e. The summed E-state index contributed by atoms with van der Waals surface area (Å²) in [6.45, 7) is 11.4. The fourth-order valence-corrected chi connectivity index (χ4v) is 4.80. The van der Waals surface area contributed by atoms with Crippen molar-refractivity contribution in [2.75, 3.05) is 13.2 Å². The zero-order valence-corrected chi connectivity index (χ0v) is 20.5. The molecule has 0 bridgehead atoms. The van der Waals surface area contributed by atoms with Crippen LogP contribution in [0.15, 0.2) is 0 Å². The Kier molecular flexibility index (Phi) is 12.0. The monoisotopic (exact) mass is 476 g/mol. The summed E-state index contributed by atoms with van der Waals surface area (Å²) in [5.74, 6) is -1.80. The largest absolute Gasteiger partial charge is 0.463 e. The van der Waals surface area contributed by atoms with E-state index in [0.29, 0.717) is 0 Å². The Labute approximate surface area is 190 Å². The molecule has 0 aromatic heterocycles. The summed E-state index contributed by atoms with van der Waals surface area (Å²) in [7, 11) is -1.74. The third kappa shape index (κ3) is 8.96. The maximum absolute atomic E-state index is 11.8. The molecule has 1 aliphatic heterocycles. The fraction of sp³-hybridized carbons (Fsp3) is 0.800. The summed E-state index contributed by atoms with van der Waals surface area (Å²) in [6.07, 6.45) is -4.07. The van der Waals surface area contributed by atoms with E-state index in [1.165, 1.54) is 20.8 Å². The number of nitriles is 1. The van der Waals surface area contributed by atoms with Gasteiger partial charge < -0.3 is 23.5 Å². The van der Waals surface area contributed by atoms with E-state index in [0.717, 1.165) is 0 Å². The predicted molar refractivity (Wildman–Crippen MR) is 113 cm³/mol. The summed E-state index contributed by atoms with van der Waals surface area (Å²) in [4.78, 5) is 34.7. The molecule has 5 atom stereocenters. The van der Waals surface area contributed by atoms with E-state index >= 15 is 0 Å². The van der Waals surface area contributed by atoms with Crippen molar-refractivity contribution < 1.29 is 42.4 Å². The minimum Gasteiger partial charge on any atom is -0.463 e. The van der Waals surface area contributed by atoms with Crippen molar-refractivity contribution in [3.05, 3.63) is 0 Å². The Morgan fingerprint density at radius 2 is 1.56 bits per heavy atom. The summed E-state index contributed by atoms with van der Waals surface area (Å²) in [6, 6.07) is 2.07. The molecule has 0 aromatic rings. The highest BCUT2D eigenvalue weighted by atomic mass is 31.2. The van der Waals surface area contributed by atoms with E-state index in [1.54, 1.807) is 0 Å². The van der Waals surface area contributed by atoms with Crippen molar-refractivity contribution in [1.82, 2.24) is 4.67 Å². The van der Waals surface area contributed by atoms with Gasteiger partial charge in [0.15, 0.2) is 12.2 Å². The standard InChI is InChI=1S/C20H33N2O9P/c1-12(2)22(13(3)4)32(27-10-8-9-21)31-20-19(29-16(7)25)18(28-15(6)24)17(30-20)11-26-14(5)23/h12-13,17-20H,8,10-11H2,1-7H3/t17-,18-,19-,20?,32?/m1/s1. The second-order valence-corrected chi connectivity index (χ2v) is 9.05. The Bertz CT molecular complexity index is 674. The second kappa shape index (κ2) is 13.7. The van der Waals surface area contributed by atoms with Gasteiger partial charge in [-0.25, -0.2) is 4.67 Å². The molecule has 2 unspecified atom stereocenters. The molecule has 0 aliphatic carbocycles. The fourth-order valence-electron chi connectivity index (χ4n) is 3.14. The molecule has 0 amide bonds. The highest BCUT2D eigenvalue weighted by Gasteiger charge is 2.52. The van der Waals surface area contributed by atoms with Gasteiger partial charge >= 0.3 is 17.9 Å². The molecule has 1 rings (SSSR count). The topological polar surface area (TPSA) is 134 Å². The van der Waals surface area contributed by atoms with Gasteiger partial charge in [-0.3, -0.25) is 18.9 Å². The van der Waals surface area contributed by atoms with Gasteiger partial charge in [0.25, 0.3) is 8.53 Å². The summed E-state index contributed by atoms with van der Waals surface area (Å²) < 4.78 is 35.6. The molecule has 0 N–H and O–H groups in total. The van der Waals surface area contributed by atoms with Crippen LogP contribution in [0.4, 0.5) is 0 Å². The van der Waals surface area contributed by atoms with Crippen LogP contribution in [0.5, 0.6) is 0 Å². The molecule has 32 heavy (non-hydrogen) atoms. The minimum absolute atomic E-state index is 0.0258. The molecule has 0 saturated carbocycles. The number of carbonyl (C=O) groups is 3. The van der Waals surface area contributed by atoms with Crippen molar-refractivity contribution in [2.24, 2.45) is 0 Å². The number of rotatable bonds is 12. The van der Waals surface area contributed by atoms with Crippen molar-refractivity contribution in [3.63, 3.8) is 0 Å². The van der Waals surface area contributed by atoms with E-state index in [9.17, 15) is 14.4 Å². The molecule has 1 heterocycles. The molecule has 182 valence electrons. The zero-order valence-electron chi connectivity index (χ0n) is 19.6. The van der Waals surface area contributed by atoms with Crippen LogP contribution in [0.3, 0.4) is 0 Å². The quantitative estimate of drug-likeness (QED) is 0.178. The number of hydrogen-bond donors (Lipinski definition) is 0. The maximum atomic E-state index is 11.8. The third-order valence-electron chi connectivity index (χ3n) is 4.18. The number of ether oxygens (including phenoxy) is 4. The van der Waals surface area contributed by atoms with Gasteiger partial charge in [0.1, 0.15) is 12.7 Å². The number of nitrogens with zero attached hydrogens (tertiary/aromatic N) is 2. The first-order valence-electron chi connectivity index (χ1n) is 10.4. The summed E-state index contributed by atoms with van der Waals surface area (Å²) in [5, 5.41) is 8.87. The zero-order chi connectivity index (χ0) is 24.4. The lowest BCUT2D eigenvalue weighted by molar-refractivity contribution is -0.171. The highest BCUT2D eigenvalue weighted by Crippen LogP contribution is 2.49. The van der Waals surface area contributed by atoms with E-state index in [2.05, 4.69) is 0 Å². The lowest BCUT2D eigenvalue weighted by atomic mass is 10.1. The van der Waals surface area contributed by atoms with Crippen molar-refractivity contribution in [3.8, 4) is 6.07 Å². The van der Waals surface area contributed by atoms with Gasteiger partial charge in [0, 0.05) is 32.9 Å². The van der Waals surface area contributed by atoms with Gasteiger partial charge in [-0.2, -0.15) is 5.26 Å². The van der Waals surface area contributed by atoms with Gasteiger partial charge in [-0.15, -0.1) is 0 Å². The van der Waals surface area contributed by atoms with E-state index in [-0.39, 0.29) is 31.7 Å². The molecule has 1 fully saturated rings. The number of esters is 3. The molecule has 0 aromatic carbocycles. The van der Waals surface area contributed by atoms with Crippen LogP contribution < -0.4 is 0 Å². The average Bonchev–Trinajstić information content (AvgIpc) is 2.95. The number of carbonyl (C=O) groups excluding carboxylic acids is 3. The normalized spacial score (nSPS) is 23.8. The molecular formula is C20H33N2O9P. The van der Waals surface area contributed by atoms with Crippen LogP contribution in [0.25, 0.3) is 0 Å². The SMILES string of the molecule is CC(=O)OC[C@H]1OC(OP(OCCC#N)N(C(C)C)C(C)C)[C@H](OC(C)=O)[C@@H]1OC(C)=O. The van der Waals surface area contributed by atoms with E-state index in [4.69, 9.17) is 33.3 Å². The number of hydrogen-bond acceptors (Lipinski definition) is 11. The van der Waals surface area contributed by atoms with Crippen molar-refractivity contribution in [1.29, 1.82) is 5.26 Å². The molecule has 11 nitrogen and oxygen atoms in total. The van der Waals surface area contributed by atoms with Crippen molar-refractivity contribution in [2.45, 2.75) is 91.6 Å². The Balaban J connectivity index is 3.21. The molecule has 0 radical (unpaired) electrons. The average molecular weight is 476 g/mol. The van der Waals surface area contributed by atoms with E-state index in [1.807, 2.05) is 38.4 Å². The Morgan fingerprint density at radius 1 is 1.00 bits per heavy atom. The molecule has 0 spiro atoms. The first kappa shape index (κ1) is 28.2. The van der Waals surface area contributed by atoms with E-state index < -0.39 is 51.0 Å². The summed E-state index contributed by atoms with van der Waals surface area (Å²) in [5.41, 5.74) is 0. The summed E-state index contributed by atoms with van der Waals surface area (Å²) >= 11 is 0. The predicted octanol–water partition coefficient (Wildman–Crippen LogP) is 2.43. The van der Waals surface area contributed by atoms with Crippen LogP contribution in [-0.4, -0.2) is 72.5 Å². The smallest absolute Gasteiger partial charge is 0.303 e. The molecule has 12 heteroatoms. The van der Waals surface area contributed by atoms with Crippen LogP contribution >= 0.6 is 8.53 Å². The molecule has 1 aliphatic rings. The van der Waals surface area contributed by atoms with Crippen LogP contribution in [0.2, 0.25) is 0 Å². The van der Waals surface area contributed by atoms with Gasteiger partial charge in [-0.05, 0) is 27.7 Å². The van der Waals surface area contributed by atoms with Gasteiger partial charge in [0.05, 0.1) is 19.1 Å². The lowest BCUT2D eigenvalue weighted by Gasteiger charge is -2.37. The highest BCUT2D eigenvalue weighted by molar-refractivity contribution is 7.44.